The van der Waals surface area contributed by atoms with E-state index in [0.29, 0.717) is 24.3 Å². The second-order valence-electron chi connectivity index (χ2n) is 4.73. The van der Waals surface area contributed by atoms with Gasteiger partial charge in [0.15, 0.2) is 11.6 Å². The molecule has 20 heavy (non-hydrogen) atoms. The molecule has 104 valence electrons. The zero-order chi connectivity index (χ0) is 14.3. The molecule has 0 bridgehead atoms. The second kappa shape index (κ2) is 4.98. The number of aromatic nitrogens is 2. The van der Waals surface area contributed by atoms with Gasteiger partial charge in [-0.2, -0.15) is 0 Å². The summed E-state index contributed by atoms with van der Waals surface area (Å²) in [7, 11) is 0. The van der Waals surface area contributed by atoms with E-state index in [4.69, 9.17) is 11.6 Å². The van der Waals surface area contributed by atoms with Crippen LogP contribution in [0.4, 0.5) is 14.6 Å². The molecule has 2 aromatic rings. The van der Waals surface area contributed by atoms with Crippen molar-refractivity contribution >= 4 is 17.4 Å². The topological polar surface area (TPSA) is 29.0 Å². The van der Waals surface area contributed by atoms with E-state index in [1.807, 2.05) is 11.8 Å². The van der Waals surface area contributed by atoms with E-state index >= 15 is 0 Å². The molecule has 0 saturated carbocycles. The number of fused-ring (bicyclic) bond motifs is 1. The minimum Gasteiger partial charge on any atom is -0.349 e. The highest BCUT2D eigenvalue weighted by atomic mass is 35.5. The van der Waals surface area contributed by atoms with Crippen molar-refractivity contribution < 1.29 is 8.78 Å². The minimum atomic E-state index is -0.797. The van der Waals surface area contributed by atoms with Crippen molar-refractivity contribution in [2.24, 2.45) is 0 Å². The van der Waals surface area contributed by atoms with Crippen molar-refractivity contribution in [3.05, 3.63) is 52.4 Å². The average molecular weight is 296 g/mol. The van der Waals surface area contributed by atoms with E-state index < -0.39 is 11.6 Å². The fourth-order valence-electron chi connectivity index (χ4n) is 2.65. The maximum atomic E-state index is 13.8. The molecule has 1 aromatic heterocycles. The van der Waals surface area contributed by atoms with Crippen LogP contribution in [0.3, 0.4) is 0 Å². The first-order valence-corrected chi connectivity index (χ1v) is 6.67. The van der Waals surface area contributed by atoms with Gasteiger partial charge in [-0.15, -0.1) is 0 Å². The Morgan fingerprint density at radius 1 is 1.30 bits per heavy atom. The van der Waals surface area contributed by atoms with Crippen LogP contribution in [-0.2, 0) is 6.42 Å². The summed E-state index contributed by atoms with van der Waals surface area (Å²) >= 11 is 5.80. The molecule has 6 heteroatoms. The SMILES string of the molecule is CC1c2ccc(F)c(F)c2CCN1c1ccnc(Cl)n1. The Bertz CT molecular complexity index is 663. The Kier molecular flexibility index (Phi) is 3.30. The van der Waals surface area contributed by atoms with Crippen LogP contribution in [0.1, 0.15) is 24.1 Å². The van der Waals surface area contributed by atoms with Gasteiger partial charge in [0.05, 0.1) is 6.04 Å². The molecule has 1 atom stereocenters. The summed E-state index contributed by atoms with van der Waals surface area (Å²) in [6, 6.07) is 4.46. The third-order valence-corrected chi connectivity index (χ3v) is 3.84. The van der Waals surface area contributed by atoms with E-state index in [2.05, 4.69) is 9.97 Å². The van der Waals surface area contributed by atoms with Crippen LogP contribution in [-0.4, -0.2) is 16.5 Å². The van der Waals surface area contributed by atoms with Crippen LogP contribution in [0, 0.1) is 11.6 Å². The van der Waals surface area contributed by atoms with Gasteiger partial charge in [-0.25, -0.2) is 18.7 Å². The number of nitrogens with zero attached hydrogens (tertiary/aromatic N) is 3. The molecular weight excluding hydrogens is 284 g/mol. The molecule has 1 unspecified atom stereocenters. The number of benzene rings is 1. The molecule has 0 saturated heterocycles. The number of rotatable bonds is 1. The first kappa shape index (κ1) is 13.2. The number of halogens is 3. The molecule has 1 aliphatic heterocycles. The minimum absolute atomic E-state index is 0.0974. The Morgan fingerprint density at radius 2 is 2.10 bits per heavy atom. The predicted octanol–water partition coefficient (Wildman–Crippen LogP) is 3.53. The summed E-state index contributed by atoms with van der Waals surface area (Å²) in [4.78, 5) is 10.0. The fourth-order valence-corrected chi connectivity index (χ4v) is 2.79. The summed E-state index contributed by atoms with van der Waals surface area (Å²) in [6.45, 7) is 2.49. The van der Waals surface area contributed by atoms with Gasteiger partial charge in [0.2, 0.25) is 5.28 Å². The van der Waals surface area contributed by atoms with Crippen molar-refractivity contribution in [3.63, 3.8) is 0 Å². The Labute approximate surface area is 120 Å². The standard InChI is InChI=1S/C14H12ClF2N3/c1-8-9-2-3-11(16)13(17)10(9)5-7-20(8)12-4-6-18-14(15)19-12/h2-4,6,8H,5,7H2,1H3. The van der Waals surface area contributed by atoms with E-state index in [0.717, 1.165) is 5.56 Å². The van der Waals surface area contributed by atoms with Gasteiger partial charge in [-0.1, -0.05) is 6.07 Å². The van der Waals surface area contributed by atoms with Gasteiger partial charge in [0, 0.05) is 12.7 Å². The van der Waals surface area contributed by atoms with E-state index in [1.54, 1.807) is 18.3 Å². The molecule has 0 spiro atoms. The summed E-state index contributed by atoms with van der Waals surface area (Å²) in [6.07, 6.45) is 2.02. The Hall–Kier alpha value is -1.75. The maximum absolute atomic E-state index is 13.8. The summed E-state index contributed by atoms with van der Waals surface area (Å²) in [5.74, 6) is -0.850. The van der Waals surface area contributed by atoms with Crippen LogP contribution >= 0.6 is 11.6 Å². The molecule has 3 nitrogen and oxygen atoms in total. The highest BCUT2D eigenvalue weighted by molar-refractivity contribution is 6.28. The van der Waals surface area contributed by atoms with Gasteiger partial charge in [0.1, 0.15) is 5.82 Å². The maximum Gasteiger partial charge on any atom is 0.224 e. The zero-order valence-corrected chi connectivity index (χ0v) is 11.5. The largest absolute Gasteiger partial charge is 0.349 e. The number of hydrogen-bond acceptors (Lipinski definition) is 3. The lowest BCUT2D eigenvalue weighted by Crippen LogP contribution is -2.35. The van der Waals surface area contributed by atoms with Gasteiger partial charge >= 0.3 is 0 Å². The van der Waals surface area contributed by atoms with Gasteiger partial charge < -0.3 is 4.90 Å². The second-order valence-corrected chi connectivity index (χ2v) is 5.07. The quantitative estimate of drug-likeness (QED) is 0.754. The number of anilines is 1. The van der Waals surface area contributed by atoms with E-state index in [1.165, 1.54) is 6.07 Å². The molecule has 1 aliphatic rings. The van der Waals surface area contributed by atoms with Gasteiger partial charge in [-0.3, -0.25) is 0 Å². The van der Waals surface area contributed by atoms with Crippen LogP contribution in [0.2, 0.25) is 5.28 Å². The normalized spacial score (nSPS) is 18.0. The zero-order valence-electron chi connectivity index (χ0n) is 10.8. The van der Waals surface area contributed by atoms with Crippen molar-refractivity contribution in [1.29, 1.82) is 0 Å². The Morgan fingerprint density at radius 3 is 2.85 bits per heavy atom. The van der Waals surface area contributed by atoms with Crippen LogP contribution in [0.25, 0.3) is 0 Å². The molecule has 0 fully saturated rings. The fraction of sp³-hybridized carbons (Fsp3) is 0.286. The molecule has 0 aliphatic carbocycles. The van der Waals surface area contributed by atoms with Gasteiger partial charge in [0.25, 0.3) is 0 Å². The Balaban J connectivity index is 2.01. The molecule has 1 aromatic carbocycles. The first-order valence-electron chi connectivity index (χ1n) is 6.30. The molecule has 2 heterocycles. The molecule has 3 rings (SSSR count). The average Bonchev–Trinajstić information content (AvgIpc) is 2.43. The van der Waals surface area contributed by atoms with Gasteiger partial charge in [-0.05, 0) is 48.2 Å². The van der Waals surface area contributed by atoms with Crippen LogP contribution < -0.4 is 4.90 Å². The molecule has 0 amide bonds. The molecular formula is C14H12ClF2N3. The highest BCUT2D eigenvalue weighted by Gasteiger charge is 2.28. The molecule has 0 radical (unpaired) electrons. The first-order chi connectivity index (χ1) is 9.58. The summed E-state index contributed by atoms with van der Waals surface area (Å²) in [5.41, 5.74) is 1.23. The van der Waals surface area contributed by atoms with Crippen molar-refractivity contribution in [1.82, 2.24) is 9.97 Å². The van der Waals surface area contributed by atoms with Crippen LogP contribution in [0.15, 0.2) is 24.4 Å². The third kappa shape index (κ3) is 2.12. The van der Waals surface area contributed by atoms with Crippen molar-refractivity contribution in [2.45, 2.75) is 19.4 Å². The lowest BCUT2D eigenvalue weighted by atomic mass is 9.93. The third-order valence-electron chi connectivity index (χ3n) is 3.66. The lowest BCUT2D eigenvalue weighted by molar-refractivity contribution is 0.484. The van der Waals surface area contributed by atoms with Crippen LogP contribution in [0.5, 0.6) is 0 Å². The summed E-state index contributed by atoms with van der Waals surface area (Å²) in [5, 5.41) is 0.172. The van der Waals surface area contributed by atoms with Crippen molar-refractivity contribution in [2.75, 3.05) is 11.4 Å². The molecule has 0 N–H and O–H groups in total. The van der Waals surface area contributed by atoms with E-state index in [9.17, 15) is 8.78 Å². The monoisotopic (exact) mass is 295 g/mol. The van der Waals surface area contributed by atoms with Crippen molar-refractivity contribution in [3.8, 4) is 0 Å². The predicted molar refractivity (Wildman–Crippen MR) is 72.9 cm³/mol. The number of hydrogen-bond donors (Lipinski definition) is 0. The lowest BCUT2D eigenvalue weighted by Gasteiger charge is -2.36. The smallest absolute Gasteiger partial charge is 0.224 e. The summed E-state index contributed by atoms with van der Waals surface area (Å²) < 4.78 is 27.1. The highest BCUT2D eigenvalue weighted by Crippen LogP contribution is 2.34. The van der Waals surface area contributed by atoms with E-state index in [-0.39, 0.29) is 11.3 Å².